The molecule has 3 heterocycles. The molecule has 134 valence electrons. The van der Waals surface area contributed by atoms with Crippen LogP contribution in [0.4, 0.5) is 4.39 Å². The average molecular weight is 358 g/mol. The maximum Gasteiger partial charge on any atom is 0.145 e. The highest BCUT2D eigenvalue weighted by molar-refractivity contribution is 5.49. The monoisotopic (exact) mass is 358 g/mol. The minimum absolute atomic E-state index is 0.0910. The van der Waals surface area contributed by atoms with Crippen LogP contribution >= 0.6 is 0 Å². The van der Waals surface area contributed by atoms with Crippen molar-refractivity contribution in [3.63, 3.8) is 0 Å². The fraction of sp³-hybridized carbons (Fsp3) is 0.136. The van der Waals surface area contributed by atoms with Gasteiger partial charge < -0.3 is 9.88 Å². The fourth-order valence-electron chi connectivity index (χ4n) is 3.86. The molecule has 2 aromatic carbocycles. The van der Waals surface area contributed by atoms with Crippen molar-refractivity contribution in [1.82, 2.24) is 19.7 Å². The highest BCUT2D eigenvalue weighted by Crippen LogP contribution is 2.33. The quantitative estimate of drug-likeness (QED) is 0.580. The first kappa shape index (κ1) is 16.0. The number of rotatable bonds is 2. The lowest BCUT2D eigenvalue weighted by molar-refractivity contribution is 0.583. The zero-order chi connectivity index (χ0) is 18.4. The van der Waals surface area contributed by atoms with Gasteiger partial charge in [-0.15, -0.1) is 0 Å². The number of aryl methyl sites for hydroxylation is 1. The van der Waals surface area contributed by atoms with Crippen LogP contribution in [0.15, 0.2) is 72.9 Å². The van der Waals surface area contributed by atoms with Crippen LogP contribution in [-0.2, 0) is 6.54 Å². The molecule has 5 heteroatoms. The standard InChI is InChI=1S/C22H19FN4/c1-15-19-14-24-21(16-7-5-8-17(23)13-16)20-11-6-12-26(20)22(19)27(25-15)18-9-3-2-4-10-18/h2-13,21,24H,14H2,1H3. The SMILES string of the molecule is Cc1nn(-c2ccccc2)c2c1CNC(c1cccc(F)c1)c1cccn1-2. The van der Waals surface area contributed by atoms with Gasteiger partial charge >= 0.3 is 0 Å². The van der Waals surface area contributed by atoms with E-state index in [9.17, 15) is 4.39 Å². The molecular formula is C22H19FN4. The third-order valence-corrected chi connectivity index (χ3v) is 5.13. The van der Waals surface area contributed by atoms with E-state index in [1.165, 1.54) is 6.07 Å². The minimum Gasteiger partial charge on any atom is -0.303 e. The summed E-state index contributed by atoms with van der Waals surface area (Å²) in [7, 11) is 0. The van der Waals surface area contributed by atoms with E-state index in [4.69, 9.17) is 5.10 Å². The molecule has 0 bridgehead atoms. The molecule has 5 rings (SSSR count). The minimum atomic E-state index is -0.221. The third-order valence-electron chi connectivity index (χ3n) is 5.13. The Morgan fingerprint density at radius 1 is 1.04 bits per heavy atom. The Labute approximate surface area is 156 Å². The zero-order valence-electron chi connectivity index (χ0n) is 14.9. The Balaban J connectivity index is 1.71. The summed E-state index contributed by atoms with van der Waals surface area (Å²) in [5.74, 6) is 0.811. The molecule has 1 N–H and O–H groups in total. The lowest BCUT2D eigenvalue weighted by Gasteiger charge is -2.18. The van der Waals surface area contributed by atoms with E-state index >= 15 is 0 Å². The smallest absolute Gasteiger partial charge is 0.145 e. The van der Waals surface area contributed by atoms with E-state index in [0.717, 1.165) is 34.0 Å². The summed E-state index contributed by atoms with van der Waals surface area (Å²) in [6, 6.07) is 20.9. The third kappa shape index (κ3) is 2.59. The normalized spacial score (nSPS) is 15.9. The molecule has 1 atom stereocenters. The summed E-state index contributed by atoms with van der Waals surface area (Å²) in [4.78, 5) is 0. The van der Waals surface area contributed by atoms with Crippen molar-refractivity contribution >= 4 is 0 Å². The molecule has 0 fully saturated rings. The summed E-state index contributed by atoms with van der Waals surface area (Å²) in [5.41, 5.74) is 5.13. The first-order chi connectivity index (χ1) is 13.2. The van der Waals surface area contributed by atoms with Gasteiger partial charge in [-0.25, -0.2) is 9.07 Å². The molecule has 4 nitrogen and oxygen atoms in total. The fourth-order valence-corrected chi connectivity index (χ4v) is 3.86. The predicted octanol–water partition coefficient (Wildman–Crippen LogP) is 4.30. The molecule has 0 saturated carbocycles. The molecule has 1 aliphatic rings. The lowest BCUT2D eigenvalue weighted by Crippen LogP contribution is -2.21. The van der Waals surface area contributed by atoms with Gasteiger partial charge in [-0.3, -0.25) is 0 Å². The van der Waals surface area contributed by atoms with E-state index < -0.39 is 0 Å². The van der Waals surface area contributed by atoms with Crippen LogP contribution in [0.3, 0.4) is 0 Å². The van der Waals surface area contributed by atoms with Gasteiger partial charge in [0.1, 0.15) is 11.6 Å². The van der Waals surface area contributed by atoms with Crippen LogP contribution < -0.4 is 5.32 Å². The number of para-hydroxylation sites is 1. The Bertz CT molecular complexity index is 1110. The van der Waals surface area contributed by atoms with Gasteiger partial charge in [0.15, 0.2) is 0 Å². The predicted molar refractivity (Wildman–Crippen MR) is 103 cm³/mol. The van der Waals surface area contributed by atoms with Gasteiger partial charge in [0.25, 0.3) is 0 Å². The van der Waals surface area contributed by atoms with Crippen molar-refractivity contribution in [1.29, 1.82) is 0 Å². The zero-order valence-corrected chi connectivity index (χ0v) is 14.9. The van der Waals surface area contributed by atoms with E-state index in [1.807, 2.05) is 48.1 Å². The Morgan fingerprint density at radius 2 is 1.89 bits per heavy atom. The molecule has 4 aromatic rings. The van der Waals surface area contributed by atoms with E-state index in [2.05, 4.69) is 28.1 Å². The molecule has 0 aliphatic carbocycles. The summed E-state index contributed by atoms with van der Waals surface area (Å²) in [6.07, 6.45) is 2.05. The second-order valence-electron chi connectivity index (χ2n) is 6.81. The number of aromatic nitrogens is 3. The summed E-state index contributed by atoms with van der Waals surface area (Å²) in [5, 5.41) is 8.38. The van der Waals surface area contributed by atoms with Crippen LogP contribution in [0.25, 0.3) is 11.5 Å². The number of halogens is 1. The van der Waals surface area contributed by atoms with E-state index in [1.54, 1.807) is 12.1 Å². The second kappa shape index (κ2) is 6.21. The highest BCUT2D eigenvalue weighted by Gasteiger charge is 2.27. The van der Waals surface area contributed by atoms with Crippen molar-refractivity contribution in [2.24, 2.45) is 0 Å². The molecule has 27 heavy (non-hydrogen) atoms. The van der Waals surface area contributed by atoms with Gasteiger partial charge in [-0.05, 0) is 48.9 Å². The van der Waals surface area contributed by atoms with Crippen molar-refractivity contribution in [3.8, 4) is 11.5 Å². The number of nitrogens with one attached hydrogen (secondary N) is 1. The van der Waals surface area contributed by atoms with Crippen molar-refractivity contribution in [2.45, 2.75) is 19.5 Å². The second-order valence-corrected chi connectivity index (χ2v) is 6.81. The molecule has 1 unspecified atom stereocenters. The molecule has 1 aliphatic heterocycles. The number of nitrogens with zero attached hydrogens (tertiary/aromatic N) is 3. The van der Waals surface area contributed by atoms with Gasteiger partial charge in [0.05, 0.1) is 17.4 Å². The van der Waals surface area contributed by atoms with Crippen LogP contribution in [0.5, 0.6) is 0 Å². The Hall–Kier alpha value is -3.18. The molecule has 0 amide bonds. The first-order valence-electron chi connectivity index (χ1n) is 9.03. The van der Waals surface area contributed by atoms with Crippen molar-refractivity contribution < 1.29 is 4.39 Å². The highest BCUT2D eigenvalue weighted by atomic mass is 19.1. The maximum absolute atomic E-state index is 13.8. The van der Waals surface area contributed by atoms with E-state index in [-0.39, 0.29) is 11.9 Å². The van der Waals surface area contributed by atoms with Crippen LogP contribution in [0.1, 0.15) is 28.6 Å². The largest absolute Gasteiger partial charge is 0.303 e. The number of benzene rings is 2. The van der Waals surface area contributed by atoms with Crippen LogP contribution in [0, 0.1) is 12.7 Å². The lowest BCUT2D eigenvalue weighted by atomic mass is 10.0. The molecule has 0 spiro atoms. The van der Waals surface area contributed by atoms with Gasteiger partial charge in [0, 0.05) is 24.0 Å². The van der Waals surface area contributed by atoms with Gasteiger partial charge in [-0.2, -0.15) is 5.10 Å². The summed E-state index contributed by atoms with van der Waals surface area (Å²) in [6.45, 7) is 2.70. The van der Waals surface area contributed by atoms with Gasteiger partial charge in [-0.1, -0.05) is 30.3 Å². The van der Waals surface area contributed by atoms with Crippen molar-refractivity contribution in [2.75, 3.05) is 0 Å². The Kier molecular flexibility index (Phi) is 3.69. The summed E-state index contributed by atoms with van der Waals surface area (Å²) >= 11 is 0. The number of hydrogen-bond acceptors (Lipinski definition) is 2. The topological polar surface area (TPSA) is 34.8 Å². The first-order valence-corrected chi connectivity index (χ1v) is 9.03. The average Bonchev–Trinajstić information content (AvgIpc) is 3.24. The van der Waals surface area contributed by atoms with Crippen LogP contribution in [-0.4, -0.2) is 14.3 Å². The molecule has 0 radical (unpaired) electrons. The van der Waals surface area contributed by atoms with Crippen molar-refractivity contribution in [3.05, 3.63) is 101 Å². The van der Waals surface area contributed by atoms with E-state index in [0.29, 0.717) is 6.54 Å². The van der Waals surface area contributed by atoms with Crippen LogP contribution in [0.2, 0.25) is 0 Å². The summed E-state index contributed by atoms with van der Waals surface area (Å²) < 4.78 is 18.0. The molecular weight excluding hydrogens is 339 g/mol. The number of fused-ring (bicyclic) bond motifs is 3. The Morgan fingerprint density at radius 3 is 2.70 bits per heavy atom. The number of hydrogen-bond donors (Lipinski definition) is 1. The maximum atomic E-state index is 13.8. The molecule has 2 aromatic heterocycles. The molecule has 0 saturated heterocycles. The van der Waals surface area contributed by atoms with Gasteiger partial charge in [0.2, 0.25) is 0 Å².